The maximum Gasteiger partial charge on any atom is 0.333 e. The Morgan fingerprint density at radius 2 is 1.67 bits per heavy atom. The molecule has 0 spiro atoms. The lowest BCUT2D eigenvalue weighted by molar-refractivity contribution is -0.117. The van der Waals surface area contributed by atoms with Gasteiger partial charge in [-0.3, -0.25) is 23.5 Å². The van der Waals surface area contributed by atoms with E-state index in [2.05, 4.69) is 15.9 Å². The minimum absolute atomic E-state index is 0.0911. The highest BCUT2D eigenvalue weighted by molar-refractivity contribution is 9.10. The van der Waals surface area contributed by atoms with Gasteiger partial charge in [-0.15, -0.1) is 0 Å². The van der Waals surface area contributed by atoms with Crippen molar-refractivity contribution in [2.24, 2.45) is 5.73 Å². The molecule has 1 aromatic heterocycles. The van der Waals surface area contributed by atoms with Gasteiger partial charge in [-0.2, -0.15) is 0 Å². The maximum absolute atomic E-state index is 13.9. The number of Topliss-reactive ketones (excluding diaryl/α,β-unsaturated/α-hetero) is 1. The van der Waals surface area contributed by atoms with Gasteiger partial charge in [-0.25, -0.2) is 4.79 Å². The second kappa shape index (κ2) is 12.4. The van der Waals surface area contributed by atoms with Crippen LogP contribution in [0.2, 0.25) is 5.02 Å². The normalized spacial score (nSPS) is 12.6. The Hall–Kier alpha value is -4.15. The molecule has 4 aromatic rings. The second-order valence-corrected chi connectivity index (χ2v) is 11.3. The fourth-order valence-electron chi connectivity index (χ4n) is 5.10. The quantitative estimate of drug-likeness (QED) is 0.267. The van der Waals surface area contributed by atoms with E-state index in [1.54, 1.807) is 59.0 Å². The second-order valence-electron chi connectivity index (χ2n) is 10.0. The first-order valence-corrected chi connectivity index (χ1v) is 14.5. The van der Waals surface area contributed by atoms with Crippen molar-refractivity contribution in [3.8, 4) is 11.4 Å². The van der Waals surface area contributed by atoms with Crippen molar-refractivity contribution in [1.29, 1.82) is 0 Å². The molecule has 0 radical (unpaired) electrons. The lowest BCUT2D eigenvalue weighted by Crippen LogP contribution is -2.41. The number of hydrogen-bond donors (Lipinski definition) is 1. The highest BCUT2D eigenvalue weighted by Gasteiger charge is 2.32. The van der Waals surface area contributed by atoms with Gasteiger partial charge in [-0.1, -0.05) is 35.9 Å². The number of methoxy groups -OCH3 is 1. The minimum atomic E-state index is -0.413. The summed E-state index contributed by atoms with van der Waals surface area (Å²) in [6, 6.07) is 19.3. The predicted molar refractivity (Wildman–Crippen MR) is 162 cm³/mol. The average Bonchev–Trinajstić information content (AvgIpc) is 3.28. The molecule has 42 heavy (non-hydrogen) atoms. The summed E-state index contributed by atoms with van der Waals surface area (Å²) < 4.78 is 8.95. The topological polar surface area (TPSA) is 117 Å². The van der Waals surface area contributed by atoms with Crippen LogP contribution in [0.3, 0.4) is 0 Å². The van der Waals surface area contributed by atoms with E-state index < -0.39 is 5.91 Å². The van der Waals surface area contributed by atoms with E-state index in [1.165, 1.54) is 4.57 Å². The zero-order valence-corrected chi connectivity index (χ0v) is 25.2. The molecule has 11 heteroatoms. The number of benzene rings is 3. The molecule has 9 nitrogen and oxygen atoms in total. The fraction of sp³-hybridized carbons (Fsp3) is 0.226. The van der Waals surface area contributed by atoms with Crippen LogP contribution in [-0.4, -0.2) is 45.3 Å². The summed E-state index contributed by atoms with van der Waals surface area (Å²) in [6.45, 7) is 0.639. The molecule has 0 aliphatic carbocycles. The van der Waals surface area contributed by atoms with Gasteiger partial charge in [0.15, 0.2) is 5.78 Å². The standard InChI is InChI=1S/C31H28BrClN4O5/c1-42-23-10-8-22(9-11-23)37-29(27(38)13-6-19-2-4-20(5-3-19)16-28(34)39)26-18-35(14-15-36(26)31(37)41)30(40)21-7-12-24(32)25(33)17-21/h2-5,7-12,17H,6,13-16,18H2,1H3,(H2,34,39). The minimum Gasteiger partial charge on any atom is -0.497 e. The van der Waals surface area contributed by atoms with Crippen molar-refractivity contribution in [3.05, 3.63) is 115 Å². The van der Waals surface area contributed by atoms with Crippen LogP contribution < -0.4 is 16.2 Å². The van der Waals surface area contributed by atoms with Crippen molar-refractivity contribution < 1.29 is 19.1 Å². The third-order valence-corrected chi connectivity index (χ3v) is 8.50. The highest BCUT2D eigenvalue weighted by Crippen LogP contribution is 2.27. The Labute approximate surface area is 255 Å². The first-order chi connectivity index (χ1) is 20.2. The van der Waals surface area contributed by atoms with E-state index in [0.717, 1.165) is 11.1 Å². The summed E-state index contributed by atoms with van der Waals surface area (Å²) in [6.07, 6.45) is 0.709. The molecule has 0 fully saturated rings. The fourth-order valence-corrected chi connectivity index (χ4v) is 5.53. The molecule has 1 aliphatic rings. The summed E-state index contributed by atoms with van der Waals surface area (Å²) >= 11 is 9.58. The number of fused-ring (bicyclic) bond motifs is 1. The third kappa shape index (κ3) is 6.05. The number of primary amides is 1. The Morgan fingerprint density at radius 1 is 0.976 bits per heavy atom. The molecule has 0 saturated heterocycles. The summed E-state index contributed by atoms with van der Waals surface area (Å²) in [5, 5.41) is 0.416. The lowest BCUT2D eigenvalue weighted by Gasteiger charge is -2.28. The molecule has 2 N–H and O–H groups in total. The SMILES string of the molecule is COc1ccc(-n2c(C(=O)CCc3ccc(CC(N)=O)cc3)c3n(c2=O)CCN(C(=O)c2ccc(Br)c(Cl)c2)C3)cc1. The zero-order valence-electron chi connectivity index (χ0n) is 22.8. The Balaban J connectivity index is 1.48. The van der Waals surface area contributed by atoms with Crippen LogP contribution in [0.5, 0.6) is 5.75 Å². The molecule has 0 atom stereocenters. The number of aryl methyl sites for hydroxylation is 1. The van der Waals surface area contributed by atoms with Crippen LogP contribution in [0.4, 0.5) is 0 Å². The Morgan fingerprint density at radius 3 is 2.31 bits per heavy atom. The Kier molecular flexibility index (Phi) is 8.65. The Bertz CT molecular complexity index is 1730. The highest BCUT2D eigenvalue weighted by atomic mass is 79.9. The van der Waals surface area contributed by atoms with Crippen LogP contribution in [0.25, 0.3) is 5.69 Å². The van der Waals surface area contributed by atoms with E-state index in [-0.39, 0.29) is 49.0 Å². The number of rotatable bonds is 9. The van der Waals surface area contributed by atoms with Gasteiger partial charge in [0.25, 0.3) is 5.91 Å². The van der Waals surface area contributed by atoms with Crippen LogP contribution in [-0.2, 0) is 30.7 Å². The van der Waals surface area contributed by atoms with Gasteiger partial charge in [0.2, 0.25) is 5.91 Å². The number of imidazole rings is 1. The third-order valence-electron chi connectivity index (χ3n) is 7.27. The number of halogens is 2. The monoisotopic (exact) mass is 650 g/mol. The molecule has 3 aromatic carbocycles. The summed E-state index contributed by atoms with van der Waals surface area (Å²) in [5.41, 5.74) is 8.33. The number of ketones is 1. The van der Waals surface area contributed by atoms with Gasteiger partial charge in [0, 0.05) is 29.5 Å². The summed E-state index contributed by atoms with van der Waals surface area (Å²) in [4.78, 5) is 53.8. The van der Waals surface area contributed by atoms with Crippen molar-refractivity contribution in [3.63, 3.8) is 0 Å². The number of aromatic nitrogens is 2. The maximum atomic E-state index is 13.9. The van der Waals surface area contributed by atoms with Gasteiger partial charge >= 0.3 is 5.69 Å². The average molecular weight is 652 g/mol. The molecule has 5 rings (SSSR count). The van der Waals surface area contributed by atoms with Gasteiger partial charge in [0.05, 0.1) is 36.5 Å². The molecular formula is C31H28BrClN4O5. The summed E-state index contributed by atoms with van der Waals surface area (Å²) in [7, 11) is 1.55. The number of nitrogens with zero attached hydrogens (tertiary/aromatic N) is 3. The van der Waals surface area contributed by atoms with Crippen molar-refractivity contribution in [1.82, 2.24) is 14.0 Å². The molecule has 0 saturated carbocycles. The van der Waals surface area contributed by atoms with Crippen molar-refractivity contribution in [2.75, 3.05) is 13.7 Å². The number of nitrogens with two attached hydrogens (primary N) is 1. The van der Waals surface area contributed by atoms with Crippen molar-refractivity contribution >= 4 is 45.1 Å². The first kappa shape index (κ1) is 29.3. The van der Waals surface area contributed by atoms with Crippen LogP contribution in [0, 0.1) is 0 Å². The molecule has 1 aliphatic heterocycles. The summed E-state index contributed by atoms with van der Waals surface area (Å²) in [5.74, 6) is -0.259. The van der Waals surface area contributed by atoms with E-state index in [1.807, 2.05) is 24.3 Å². The van der Waals surface area contributed by atoms with Crippen LogP contribution >= 0.6 is 27.5 Å². The molecule has 2 heterocycles. The van der Waals surface area contributed by atoms with Crippen LogP contribution in [0.15, 0.2) is 76.0 Å². The molecule has 2 amide bonds. The number of carbonyl (C=O) groups is 3. The predicted octanol–water partition coefficient (Wildman–Crippen LogP) is 4.56. The van der Waals surface area contributed by atoms with E-state index in [9.17, 15) is 19.2 Å². The van der Waals surface area contributed by atoms with Gasteiger partial charge in [-0.05, 0) is 75.9 Å². The number of ether oxygens (including phenoxy) is 1. The molecule has 216 valence electrons. The van der Waals surface area contributed by atoms with E-state index >= 15 is 0 Å². The molecule has 0 unspecified atom stereocenters. The van der Waals surface area contributed by atoms with Gasteiger partial charge < -0.3 is 15.4 Å². The number of carbonyl (C=O) groups excluding carboxylic acids is 3. The molecule has 0 bridgehead atoms. The number of amides is 2. The molecular weight excluding hydrogens is 624 g/mol. The zero-order chi connectivity index (χ0) is 30.0. The van der Waals surface area contributed by atoms with E-state index in [0.29, 0.717) is 45.2 Å². The van der Waals surface area contributed by atoms with Gasteiger partial charge in [0.1, 0.15) is 11.4 Å². The van der Waals surface area contributed by atoms with Crippen molar-refractivity contribution in [2.45, 2.75) is 32.4 Å². The van der Waals surface area contributed by atoms with E-state index in [4.69, 9.17) is 22.1 Å². The lowest BCUT2D eigenvalue weighted by atomic mass is 10.0. The number of hydrogen-bond acceptors (Lipinski definition) is 5. The largest absolute Gasteiger partial charge is 0.497 e. The van der Waals surface area contributed by atoms with Crippen LogP contribution in [0.1, 0.15) is 44.1 Å². The first-order valence-electron chi connectivity index (χ1n) is 13.3. The smallest absolute Gasteiger partial charge is 0.333 e.